The van der Waals surface area contributed by atoms with Crippen molar-refractivity contribution >= 4 is 17.5 Å². The fraction of sp³-hybridized carbons (Fsp3) is 0.300. The first-order valence-corrected chi connectivity index (χ1v) is 5.10. The minimum atomic E-state index is -4.87. The summed E-state index contributed by atoms with van der Waals surface area (Å²) in [5.41, 5.74) is -2.53. The van der Waals surface area contributed by atoms with E-state index in [2.05, 4.69) is 4.74 Å². The Bertz CT molecular complexity index is 544. The molecule has 19 heavy (non-hydrogen) atoms. The van der Waals surface area contributed by atoms with Crippen molar-refractivity contribution in [3.63, 3.8) is 0 Å². The maximum Gasteiger partial charge on any atom is 0.423 e. The number of carbonyl (C=O) groups is 1. The second-order valence-electron chi connectivity index (χ2n) is 3.72. The third-order valence-corrected chi connectivity index (χ3v) is 2.55. The van der Waals surface area contributed by atoms with E-state index in [4.69, 9.17) is 0 Å². The van der Waals surface area contributed by atoms with Crippen molar-refractivity contribution in [3.8, 4) is 0 Å². The Morgan fingerprint density at radius 2 is 2.05 bits per heavy atom. The number of halogens is 3. The molecule has 1 aliphatic heterocycles. The van der Waals surface area contributed by atoms with Crippen molar-refractivity contribution < 1.29 is 27.6 Å². The molecule has 6 nitrogen and oxygen atoms in total. The van der Waals surface area contributed by atoms with Gasteiger partial charge in [0.15, 0.2) is 0 Å². The van der Waals surface area contributed by atoms with Gasteiger partial charge in [-0.3, -0.25) is 15.0 Å². The lowest BCUT2D eigenvalue weighted by molar-refractivity contribution is -0.388. The predicted molar refractivity (Wildman–Crippen MR) is 56.8 cm³/mol. The van der Waals surface area contributed by atoms with Gasteiger partial charge in [-0.25, -0.2) is 4.79 Å². The van der Waals surface area contributed by atoms with Crippen molar-refractivity contribution in [2.75, 3.05) is 18.1 Å². The van der Waals surface area contributed by atoms with Crippen LogP contribution < -0.4 is 4.90 Å². The van der Waals surface area contributed by atoms with Crippen LogP contribution >= 0.6 is 0 Å². The SMILES string of the molecule is O=C1OCCN1c1ccc([N+](=O)[O-])c(C(F)(F)F)c1. The highest BCUT2D eigenvalue weighted by atomic mass is 19.4. The summed E-state index contributed by atoms with van der Waals surface area (Å²) in [6.45, 7) is 0.172. The van der Waals surface area contributed by atoms with Crippen molar-refractivity contribution in [2.45, 2.75) is 6.18 Å². The minimum absolute atomic E-state index is 0.0666. The van der Waals surface area contributed by atoms with Crippen LogP contribution in [0.2, 0.25) is 0 Å². The minimum Gasteiger partial charge on any atom is -0.447 e. The molecule has 0 saturated carbocycles. The number of benzene rings is 1. The summed E-state index contributed by atoms with van der Waals surface area (Å²) in [6.07, 6.45) is -5.65. The highest BCUT2D eigenvalue weighted by Crippen LogP contribution is 2.38. The summed E-state index contributed by atoms with van der Waals surface area (Å²) in [5.74, 6) is 0. The van der Waals surface area contributed by atoms with Gasteiger partial charge in [0.25, 0.3) is 5.69 Å². The number of nitro benzene ring substituents is 1. The molecule has 0 N–H and O–H groups in total. The number of carbonyl (C=O) groups excluding carboxylic acids is 1. The Balaban J connectivity index is 2.49. The van der Waals surface area contributed by atoms with E-state index in [9.17, 15) is 28.1 Å². The van der Waals surface area contributed by atoms with E-state index in [1.807, 2.05) is 0 Å². The normalized spacial score (nSPS) is 15.5. The molecule has 0 radical (unpaired) electrons. The van der Waals surface area contributed by atoms with Gasteiger partial charge in [-0.15, -0.1) is 0 Å². The molecule has 1 aromatic carbocycles. The summed E-state index contributed by atoms with van der Waals surface area (Å²) >= 11 is 0. The van der Waals surface area contributed by atoms with Crippen molar-refractivity contribution in [3.05, 3.63) is 33.9 Å². The lowest BCUT2D eigenvalue weighted by Gasteiger charge is -2.15. The number of hydrogen-bond acceptors (Lipinski definition) is 4. The van der Waals surface area contributed by atoms with E-state index < -0.39 is 28.4 Å². The van der Waals surface area contributed by atoms with Gasteiger partial charge in [0.1, 0.15) is 12.2 Å². The summed E-state index contributed by atoms with van der Waals surface area (Å²) < 4.78 is 42.8. The lowest BCUT2D eigenvalue weighted by Crippen LogP contribution is -2.24. The maximum absolute atomic E-state index is 12.7. The van der Waals surface area contributed by atoms with E-state index in [0.717, 1.165) is 17.0 Å². The predicted octanol–water partition coefficient (Wildman–Crippen LogP) is 2.57. The van der Waals surface area contributed by atoms with Crippen LogP contribution in [0.15, 0.2) is 18.2 Å². The fourth-order valence-electron chi connectivity index (χ4n) is 1.71. The first-order chi connectivity index (χ1) is 8.80. The number of anilines is 1. The highest BCUT2D eigenvalue weighted by Gasteiger charge is 2.39. The van der Waals surface area contributed by atoms with Crippen LogP contribution in [-0.2, 0) is 10.9 Å². The fourth-order valence-corrected chi connectivity index (χ4v) is 1.71. The van der Waals surface area contributed by atoms with Crippen molar-refractivity contribution in [2.24, 2.45) is 0 Å². The number of amides is 1. The van der Waals surface area contributed by atoms with Crippen LogP contribution in [0.1, 0.15) is 5.56 Å². The molecule has 0 aromatic heterocycles. The molecule has 9 heteroatoms. The van der Waals surface area contributed by atoms with Gasteiger partial charge in [0.2, 0.25) is 0 Å². The van der Waals surface area contributed by atoms with Gasteiger partial charge < -0.3 is 4.74 Å². The Morgan fingerprint density at radius 3 is 2.53 bits per heavy atom. The second-order valence-corrected chi connectivity index (χ2v) is 3.72. The Kier molecular flexibility index (Phi) is 3.05. The number of ether oxygens (including phenoxy) is 1. The van der Waals surface area contributed by atoms with E-state index >= 15 is 0 Å². The van der Waals surface area contributed by atoms with E-state index in [-0.39, 0.29) is 18.8 Å². The summed E-state index contributed by atoms with van der Waals surface area (Å²) in [5, 5.41) is 10.6. The van der Waals surface area contributed by atoms with Gasteiger partial charge in [-0.05, 0) is 12.1 Å². The summed E-state index contributed by atoms with van der Waals surface area (Å²) in [4.78, 5) is 21.7. The monoisotopic (exact) mass is 276 g/mol. The molecule has 0 bridgehead atoms. The molecule has 1 aliphatic rings. The van der Waals surface area contributed by atoms with E-state index in [1.165, 1.54) is 0 Å². The molecule has 0 unspecified atom stereocenters. The number of cyclic esters (lactones) is 1. The molecule has 1 saturated heterocycles. The molecule has 102 valence electrons. The number of rotatable bonds is 2. The van der Waals surface area contributed by atoms with Crippen molar-refractivity contribution in [1.29, 1.82) is 0 Å². The van der Waals surface area contributed by atoms with Crippen molar-refractivity contribution in [1.82, 2.24) is 0 Å². The average Bonchev–Trinajstić information content (AvgIpc) is 2.73. The van der Waals surface area contributed by atoms with Gasteiger partial charge in [0.05, 0.1) is 11.5 Å². The quantitative estimate of drug-likeness (QED) is 0.614. The zero-order chi connectivity index (χ0) is 14.2. The molecule has 0 spiro atoms. The second kappa shape index (κ2) is 4.41. The molecule has 0 atom stereocenters. The summed E-state index contributed by atoms with van der Waals surface area (Å²) in [6, 6.07) is 2.38. The first-order valence-electron chi connectivity index (χ1n) is 5.10. The molecule has 0 aliphatic carbocycles. The van der Waals surface area contributed by atoms with Crippen LogP contribution in [0.3, 0.4) is 0 Å². The van der Waals surface area contributed by atoms with Gasteiger partial charge >= 0.3 is 12.3 Å². The standard InChI is InChI=1S/C10H7F3N2O4/c11-10(12,13)7-5-6(1-2-8(7)15(17)18)14-3-4-19-9(14)16/h1-2,5H,3-4H2. The topological polar surface area (TPSA) is 72.7 Å². The van der Waals surface area contributed by atoms with Crippen LogP contribution in [0.4, 0.5) is 29.3 Å². The number of nitrogens with zero attached hydrogens (tertiary/aromatic N) is 2. The molecular formula is C10H7F3N2O4. The molecule has 2 rings (SSSR count). The third kappa shape index (κ3) is 2.44. The van der Waals surface area contributed by atoms with Crippen LogP contribution in [0.5, 0.6) is 0 Å². The zero-order valence-electron chi connectivity index (χ0n) is 9.31. The van der Waals surface area contributed by atoms with E-state index in [1.54, 1.807) is 0 Å². The molecular weight excluding hydrogens is 269 g/mol. The molecule has 1 fully saturated rings. The highest BCUT2D eigenvalue weighted by molar-refractivity contribution is 5.89. The molecule has 1 amide bonds. The number of alkyl halides is 3. The summed E-state index contributed by atoms with van der Waals surface area (Å²) in [7, 11) is 0. The van der Waals surface area contributed by atoms with Crippen LogP contribution in [0.25, 0.3) is 0 Å². The molecule has 1 aromatic rings. The van der Waals surface area contributed by atoms with E-state index in [0.29, 0.717) is 6.07 Å². The first kappa shape index (κ1) is 13.1. The Labute approximate surface area is 104 Å². The maximum atomic E-state index is 12.7. The number of nitro groups is 1. The molecule has 1 heterocycles. The van der Waals surface area contributed by atoms with Gasteiger partial charge in [-0.2, -0.15) is 13.2 Å². The van der Waals surface area contributed by atoms with Gasteiger partial charge in [0, 0.05) is 11.8 Å². The number of hydrogen-bond donors (Lipinski definition) is 0. The van der Waals surface area contributed by atoms with Gasteiger partial charge in [-0.1, -0.05) is 0 Å². The zero-order valence-corrected chi connectivity index (χ0v) is 9.31. The largest absolute Gasteiger partial charge is 0.447 e. The third-order valence-electron chi connectivity index (χ3n) is 2.55. The average molecular weight is 276 g/mol. The van der Waals surface area contributed by atoms with Crippen LogP contribution in [-0.4, -0.2) is 24.2 Å². The Hall–Kier alpha value is -2.32. The smallest absolute Gasteiger partial charge is 0.423 e. The lowest BCUT2D eigenvalue weighted by atomic mass is 10.1. The van der Waals surface area contributed by atoms with Crippen LogP contribution in [0, 0.1) is 10.1 Å². The Morgan fingerprint density at radius 1 is 1.37 bits per heavy atom.